The number of carbonyl (C=O) groups is 1. The van der Waals surface area contributed by atoms with Crippen LogP contribution >= 0.6 is 0 Å². The number of oxazole rings is 1. The Morgan fingerprint density at radius 1 is 1.22 bits per heavy atom. The van der Waals surface area contributed by atoms with Gasteiger partial charge >= 0.3 is 0 Å². The summed E-state index contributed by atoms with van der Waals surface area (Å²) in [7, 11) is 1.47. The maximum atomic E-state index is 12.4. The maximum Gasteiger partial charge on any atom is 0.226 e. The number of ketones is 1. The monoisotopic (exact) mass is 368 g/mol. The number of benzene rings is 1. The summed E-state index contributed by atoms with van der Waals surface area (Å²) in [5.41, 5.74) is 1.71. The average molecular weight is 368 g/mol. The number of phenolic OH excluding ortho intramolecular Hbond substituents is 1. The predicted octanol–water partition coefficient (Wildman–Crippen LogP) is 3.20. The van der Waals surface area contributed by atoms with Crippen molar-refractivity contribution in [2.75, 3.05) is 13.7 Å². The third kappa shape index (κ3) is 4.44. The summed E-state index contributed by atoms with van der Waals surface area (Å²) in [6.07, 6.45) is 3.35. The molecule has 0 bridgehead atoms. The van der Waals surface area contributed by atoms with Crippen molar-refractivity contribution in [1.29, 1.82) is 0 Å². The number of rotatable bonds is 8. The highest BCUT2D eigenvalue weighted by molar-refractivity contribution is 5.83. The van der Waals surface area contributed by atoms with Gasteiger partial charge in [-0.3, -0.25) is 9.78 Å². The van der Waals surface area contributed by atoms with Crippen molar-refractivity contribution < 1.29 is 23.8 Å². The van der Waals surface area contributed by atoms with E-state index in [2.05, 4.69) is 9.97 Å². The van der Waals surface area contributed by atoms with Crippen LogP contribution in [0.3, 0.4) is 0 Å². The van der Waals surface area contributed by atoms with Gasteiger partial charge in [0.05, 0.1) is 37.9 Å². The lowest BCUT2D eigenvalue weighted by atomic mass is 10.1. The number of Topliss-reactive ketones (excluding diaryl/α,β-unsaturated/α-hetero) is 1. The second-order valence-electron chi connectivity index (χ2n) is 5.80. The van der Waals surface area contributed by atoms with E-state index in [1.807, 2.05) is 6.92 Å². The molecule has 2 heterocycles. The highest BCUT2D eigenvalue weighted by atomic mass is 16.5. The van der Waals surface area contributed by atoms with Crippen molar-refractivity contribution in [2.24, 2.45) is 0 Å². The summed E-state index contributed by atoms with van der Waals surface area (Å²) >= 11 is 0. The molecule has 3 rings (SSSR count). The first-order valence-electron chi connectivity index (χ1n) is 8.51. The van der Waals surface area contributed by atoms with E-state index in [1.165, 1.54) is 19.4 Å². The minimum absolute atomic E-state index is 0.00979. The van der Waals surface area contributed by atoms with E-state index in [9.17, 15) is 9.90 Å². The number of carbonyl (C=O) groups excluding carboxylic acids is 1. The van der Waals surface area contributed by atoms with E-state index in [1.54, 1.807) is 30.5 Å². The summed E-state index contributed by atoms with van der Waals surface area (Å²) < 4.78 is 15.9. The quantitative estimate of drug-likeness (QED) is 0.652. The Morgan fingerprint density at radius 2 is 2.07 bits per heavy atom. The molecule has 0 saturated carbocycles. The van der Waals surface area contributed by atoms with Crippen LogP contribution in [0.1, 0.15) is 18.3 Å². The van der Waals surface area contributed by atoms with Crippen LogP contribution in [0.25, 0.3) is 11.5 Å². The van der Waals surface area contributed by atoms with Gasteiger partial charge in [-0.05, 0) is 37.3 Å². The number of ether oxygens (including phenoxy) is 2. The summed E-state index contributed by atoms with van der Waals surface area (Å²) in [5.74, 6) is 1.24. The van der Waals surface area contributed by atoms with E-state index in [0.29, 0.717) is 40.9 Å². The highest BCUT2D eigenvalue weighted by Gasteiger charge is 2.15. The Morgan fingerprint density at radius 3 is 2.81 bits per heavy atom. The number of hydrogen-bond donors (Lipinski definition) is 1. The molecule has 0 fully saturated rings. The van der Waals surface area contributed by atoms with Crippen LogP contribution in [0, 0.1) is 0 Å². The lowest BCUT2D eigenvalue weighted by Gasteiger charge is -2.07. The maximum absolute atomic E-state index is 12.4. The van der Waals surface area contributed by atoms with Gasteiger partial charge in [-0.15, -0.1) is 0 Å². The van der Waals surface area contributed by atoms with Gasteiger partial charge in [-0.1, -0.05) is 0 Å². The predicted molar refractivity (Wildman–Crippen MR) is 98.0 cm³/mol. The third-order valence-electron chi connectivity index (χ3n) is 3.87. The molecule has 7 heteroatoms. The zero-order valence-electron chi connectivity index (χ0n) is 15.1. The third-order valence-corrected chi connectivity index (χ3v) is 3.87. The first-order chi connectivity index (χ1) is 13.1. The summed E-state index contributed by atoms with van der Waals surface area (Å²) in [6.45, 7) is 2.39. The smallest absolute Gasteiger partial charge is 0.226 e. The van der Waals surface area contributed by atoms with Crippen molar-refractivity contribution in [3.63, 3.8) is 0 Å². The number of aromatic hydroxyl groups is 1. The number of pyridine rings is 1. The number of methoxy groups -OCH3 is 1. The van der Waals surface area contributed by atoms with Crippen LogP contribution in [0.5, 0.6) is 17.2 Å². The largest absolute Gasteiger partial charge is 0.504 e. The van der Waals surface area contributed by atoms with Crippen molar-refractivity contribution in [3.05, 3.63) is 54.2 Å². The number of aromatic nitrogens is 2. The molecule has 140 valence electrons. The zero-order chi connectivity index (χ0) is 19.2. The van der Waals surface area contributed by atoms with Gasteiger partial charge in [0, 0.05) is 11.8 Å². The number of phenols is 1. The van der Waals surface area contributed by atoms with E-state index in [-0.39, 0.29) is 24.4 Å². The molecular weight excluding hydrogens is 348 g/mol. The Balaban J connectivity index is 1.69. The molecule has 0 unspecified atom stereocenters. The molecular formula is C20H20N2O5. The average Bonchev–Trinajstić information content (AvgIpc) is 3.12. The minimum Gasteiger partial charge on any atom is -0.504 e. The standard InChI is InChI=1S/C20H20N2O5/c1-3-26-18-5-4-8-21-16(18)11-15(23)10-14-12-27-20(22-14)13-6-7-19(25-2)17(24)9-13/h4-9,12,24H,3,10-11H2,1-2H3. The first-order valence-corrected chi connectivity index (χ1v) is 8.51. The van der Waals surface area contributed by atoms with Crippen LogP contribution in [-0.2, 0) is 17.6 Å². The second-order valence-corrected chi connectivity index (χ2v) is 5.80. The Bertz CT molecular complexity index is 936. The van der Waals surface area contributed by atoms with Crippen LogP contribution < -0.4 is 9.47 Å². The first kappa shape index (κ1) is 18.4. The van der Waals surface area contributed by atoms with E-state index < -0.39 is 0 Å². The fraction of sp³-hybridized carbons (Fsp3) is 0.250. The fourth-order valence-corrected chi connectivity index (χ4v) is 2.64. The molecule has 0 amide bonds. The van der Waals surface area contributed by atoms with Crippen LogP contribution in [-0.4, -0.2) is 34.6 Å². The molecule has 0 atom stereocenters. The van der Waals surface area contributed by atoms with Gasteiger partial charge in [-0.2, -0.15) is 0 Å². The minimum atomic E-state index is -0.0490. The van der Waals surface area contributed by atoms with Gasteiger partial charge in [0.2, 0.25) is 5.89 Å². The number of nitrogens with zero attached hydrogens (tertiary/aromatic N) is 2. The second kappa shape index (κ2) is 8.35. The summed E-state index contributed by atoms with van der Waals surface area (Å²) in [5, 5.41) is 9.87. The van der Waals surface area contributed by atoms with Crippen molar-refractivity contribution >= 4 is 5.78 Å². The summed E-state index contributed by atoms with van der Waals surface area (Å²) in [6, 6.07) is 8.41. The molecule has 0 aliphatic heterocycles. The molecule has 0 radical (unpaired) electrons. The number of hydrogen-bond acceptors (Lipinski definition) is 7. The van der Waals surface area contributed by atoms with Crippen LogP contribution in [0.15, 0.2) is 47.2 Å². The summed E-state index contributed by atoms with van der Waals surface area (Å²) in [4.78, 5) is 20.9. The SMILES string of the molecule is CCOc1cccnc1CC(=O)Cc1coc(-c2ccc(OC)c(O)c2)n1. The molecule has 0 aliphatic carbocycles. The Kier molecular flexibility index (Phi) is 5.71. The molecule has 1 aromatic carbocycles. The molecule has 1 N–H and O–H groups in total. The van der Waals surface area contributed by atoms with Crippen molar-refractivity contribution in [2.45, 2.75) is 19.8 Å². The topological polar surface area (TPSA) is 94.7 Å². The van der Waals surface area contributed by atoms with Crippen molar-refractivity contribution in [1.82, 2.24) is 9.97 Å². The molecule has 3 aromatic rings. The molecule has 7 nitrogen and oxygen atoms in total. The normalized spacial score (nSPS) is 10.6. The fourth-order valence-electron chi connectivity index (χ4n) is 2.64. The van der Waals surface area contributed by atoms with Crippen LogP contribution in [0.2, 0.25) is 0 Å². The van der Waals surface area contributed by atoms with Gasteiger partial charge < -0.3 is 19.0 Å². The van der Waals surface area contributed by atoms with E-state index >= 15 is 0 Å². The Hall–Kier alpha value is -3.35. The van der Waals surface area contributed by atoms with E-state index in [4.69, 9.17) is 13.9 Å². The van der Waals surface area contributed by atoms with Gasteiger partial charge in [0.15, 0.2) is 11.5 Å². The van der Waals surface area contributed by atoms with Gasteiger partial charge in [0.1, 0.15) is 17.8 Å². The lowest BCUT2D eigenvalue weighted by Crippen LogP contribution is -2.10. The lowest BCUT2D eigenvalue weighted by molar-refractivity contribution is -0.117. The molecule has 0 saturated heterocycles. The zero-order valence-corrected chi connectivity index (χ0v) is 15.1. The van der Waals surface area contributed by atoms with Crippen LogP contribution in [0.4, 0.5) is 0 Å². The molecule has 27 heavy (non-hydrogen) atoms. The van der Waals surface area contributed by atoms with Crippen molar-refractivity contribution in [3.8, 4) is 28.7 Å². The van der Waals surface area contributed by atoms with Gasteiger partial charge in [0.25, 0.3) is 0 Å². The van der Waals surface area contributed by atoms with E-state index in [0.717, 1.165) is 0 Å². The molecule has 0 aliphatic rings. The van der Waals surface area contributed by atoms with Gasteiger partial charge in [-0.25, -0.2) is 4.98 Å². The highest BCUT2D eigenvalue weighted by Crippen LogP contribution is 2.31. The Labute approximate surface area is 156 Å². The molecule has 0 spiro atoms. The molecule has 2 aromatic heterocycles.